The van der Waals surface area contributed by atoms with Crippen molar-refractivity contribution < 1.29 is 23.8 Å². The third-order valence-electron chi connectivity index (χ3n) is 6.41. The maximum absolute atomic E-state index is 14.3. The Kier molecular flexibility index (Phi) is 3.56. The van der Waals surface area contributed by atoms with Gasteiger partial charge in [0.25, 0.3) is 0 Å². The number of benzene rings is 1. The molecule has 1 amide bonds. The lowest BCUT2D eigenvalue weighted by molar-refractivity contribution is -0.187. The molecule has 0 radical (unpaired) electrons. The molecule has 0 unspecified atom stereocenters. The van der Waals surface area contributed by atoms with Gasteiger partial charge in [0, 0.05) is 24.2 Å². The standard InChI is InChI=1S/C19H22FNO4/c1-25-15-4-3-14(20)13-9-21(8-5-12(13)15)16(22)19(17(23)24)10-18(11-19)6-2-7-18/h3-4H,2,5-11H2,1H3,(H,23,24). The average Bonchev–Trinajstić information content (AvgIpc) is 2.52. The molecule has 2 fully saturated rings. The SMILES string of the molecule is COc1ccc(F)c2c1CCN(C(=O)C1(C(=O)O)CC3(CCC3)C1)C2. The zero-order valence-electron chi connectivity index (χ0n) is 14.3. The number of carboxylic acids is 1. The summed E-state index contributed by atoms with van der Waals surface area (Å²) in [7, 11) is 1.54. The number of hydrogen-bond donors (Lipinski definition) is 1. The Hall–Kier alpha value is -2.11. The van der Waals surface area contributed by atoms with Gasteiger partial charge in [-0.1, -0.05) is 6.42 Å². The molecule has 1 aromatic rings. The minimum atomic E-state index is -1.31. The van der Waals surface area contributed by atoms with Gasteiger partial charge >= 0.3 is 5.97 Å². The van der Waals surface area contributed by atoms with Crippen molar-refractivity contribution in [3.63, 3.8) is 0 Å². The van der Waals surface area contributed by atoms with Crippen LogP contribution in [0.4, 0.5) is 4.39 Å². The van der Waals surface area contributed by atoms with E-state index in [1.807, 2.05) is 0 Å². The topological polar surface area (TPSA) is 66.8 Å². The predicted molar refractivity (Wildman–Crippen MR) is 87.7 cm³/mol. The molecule has 5 nitrogen and oxygen atoms in total. The molecule has 1 spiro atoms. The van der Waals surface area contributed by atoms with Gasteiger partial charge in [0.05, 0.1) is 7.11 Å². The molecule has 0 saturated heterocycles. The fraction of sp³-hybridized carbons (Fsp3) is 0.579. The minimum Gasteiger partial charge on any atom is -0.496 e. The first-order chi connectivity index (χ1) is 11.9. The second-order valence-electron chi connectivity index (χ2n) is 7.78. The van der Waals surface area contributed by atoms with E-state index in [0.29, 0.717) is 37.1 Å². The normalized spacial score (nSPS) is 22.6. The Balaban J connectivity index is 1.59. The number of halogens is 1. The van der Waals surface area contributed by atoms with Crippen LogP contribution in [0.1, 0.15) is 43.2 Å². The number of ether oxygens (including phenoxy) is 1. The monoisotopic (exact) mass is 347 g/mol. The molecule has 6 heteroatoms. The van der Waals surface area contributed by atoms with E-state index in [1.54, 1.807) is 6.07 Å². The van der Waals surface area contributed by atoms with E-state index < -0.39 is 11.4 Å². The highest BCUT2D eigenvalue weighted by Crippen LogP contribution is 2.65. The first-order valence-corrected chi connectivity index (χ1v) is 8.78. The Labute approximate surface area is 145 Å². The van der Waals surface area contributed by atoms with Crippen LogP contribution >= 0.6 is 0 Å². The van der Waals surface area contributed by atoms with Crippen molar-refractivity contribution in [1.82, 2.24) is 4.90 Å². The molecule has 0 bridgehead atoms. The molecule has 0 atom stereocenters. The van der Waals surface area contributed by atoms with Crippen LogP contribution in [0.15, 0.2) is 12.1 Å². The van der Waals surface area contributed by atoms with E-state index in [9.17, 15) is 19.1 Å². The Bertz CT molecular complexity index is 748. The zero-order chi connectivity index (χ0) is 17.8. The molecular formula is C19H22FNO4. The number of methoxy groups -OCH3 is 1. The number of carbonyl (C=O) groups is 2. The van der Waals surface area contributed by atoms with Gasteiger partial charge in [-0.25, -0.2) is 4.39 Å². The van der Waals surface area contributed by atoms with Crippen LogP contribution in [0.2, 0.25) is 0 Å². The lowest BCUT2D eigenvalue weighted by Gasteiger charge is -2.59. The second kappa shape index (κ2) is 5.44. The molecule has 3 aliphatic rings. The summed E-state index contributed by atoms with van der Waals surface area (Å²) in [6.07, 6.45) is 4.49. The highest BCUT2D eigenvalue weighted by Gasteiger charge is 2.65. The molecular weight excluding hydrogens is 325 g/mol. The van der Waals surface area contributed by atoms with Gasteiger partial charge in [-0.15, -0.1) is 0 Å². The molecule has 1 N–H and O–H groups in total. The maximum atomic E-state index is 14.3. The fourth-order valence-corrected chi connectivity index (χ4v) is 4.92. The van der Waals surface area contributed by atoms with Crippen molar-refractivity contribution in [3.05, 3.63) is 29.1 Å². The summed E-state index contributed by atoms with van der Waals surface area (Å²) in [6, 6.07) is 2.93. The number of hydrogen-bond acceptors (Lipinski definition) is 3. The van der Waals surface area contributed by atoms with Gasteiger partial charge in [-0.2, -0.15) is 0 Å². The number of carboxylic acid groups (broad SMARTS) is 1. The van der Waals surface area contributed by atoms with Crippen LogP contribution < -0.4 is 4.74 Å². The first-order valence-electron chi connectivity index (χ1n) is 8.78. The Morgan fingerprint density at radius 1 is 1.24 bits per heavy atom. The number of carbonyl (C=O) groups excluding carboxylic acids is 1. The van der Waals surface area contributed by atoms with Gasteiger partial charge in [-0.3, -0.25) is 9.59 Å². The van der Waals surface area contributed by atoms with E-state index >= 15 is 0 Å². The van der Waals surface area contributed by atoms with Crippen LogP contribution in [-0.4, -0.2) is 35.5 Å². The number of rotatable bonds is 3. The van der Waals surface area contributed by atoms with Crippen LogP contribution in [-0.2, 0) is 22.6 Å². The molecule has 0 aromatic heterocycles. The molecule has 1 aromatic carbocycles. The zero-order valence-corrected chi connectivity index (χ0v) is 14.3. The van der Waals surface area contributed by atoms with E-state index in [0.717, 1.165) is 24.8 Å². The molecule has 4 rings (SSSR count). The van der Waals surface area contributed by atoms with Crippen LogP contribution in [0.3, 0.4) is 0 Å². The minimum absolute atomic E-state index is 0.0657. The summed E-state index contributed by atoms with van der Waals surface area (Å²) in [5.41, 5.74) is -0.0269. The van der Waals surface area contributed by atoms with Gasteiger partial charge in [0.1, 0.15) is 17.0 Å². The van der Waals surface area contributed by atoms with Crippen molar-refractivity contribution in [2.24, 2.45) is 10.8 Å². The quantitative estimate of drug-likeness (QED) is 0.854. The van der Waals surface area contributed by atoms with Crippen LogP contribution in [0, 0.1) is 16.6 Å². The molecule has 134 valence electrons. The maximum Gasteiger partial charge on any atom is 0.319 e. The van der Waals surface area contributed by atoms with Crippen molar-refractivity contribution in [2.75, 3.05) is 13.7 Å². The smallest absolute Gasteiger partial charge is 0.319 e. The van der Waals surface area contributed by atoms with Crippen molar-refractivity contribution in [3.8, 4) is 5.75 Å². The van der Waals surface area contributed by atoms with Gasteiger partial charge < -0.3 is 14.7 Å². The Morgan fingerprint density at radius 3 is 2.52 bits per heavy atom. The highest BCUT2D eigenvalue weighted by atomic mass is 19.1. The summed E-state index contributed by atoms with van der Waals surface area (Å²) >= 11 is 0. The van der Waals surface area contributed by atoms with Gasteiger partial charge in [0.15, 0.2) is 0 Å². The van der Waals surface area contributed by atoms with Crippen molar-refractivity contribution >= 4 is 11.9 Å². The Morgan fingerprint density at radius 2 is 1.96 bits per heavy atom. The number of aliphatic carboxylic acids is 1. The number of nitrogens with zero attached hydrogens (tertiary/aromatic N) is 1. The third kappa shape index (κ3) is 2.26. The molecule has 2 saturated carbocycles. The van der Waals surface area contributed by atoms with E-state index in [-0.39, 0.29) is 23.7 Å². The second-order valence-corrected chi connectivity index (χ2v) is 7.78. The number of amides is 1. The molecule has 1 heterocycles. The summed E-state index contributed by atoms with van der Waals surface area (Å²) in [5.74, 6) is -1.15. The molecule has 1 aliphatic heterocycles. The third-order valence-corrected chi connectivity index (χ3v) is 6.41. The van der Waals surface area contributed by atoms with Gasteiger partial charge in [-0.05, 0) is 49.7 Å². The summed E-state index contributed by atoms with van der Waals surface area (Å²) < 4.78 is 19.5. The van der Waals surface area contributed by atoms with Crippen molar-refractivity contribution in [2.45, 2.75) is 45.1 Å². The summed E-state index contributed by atoms with van der Waals surface area (Å²) in [6.45, 7) is 0.507. The summed E-state index contributed by atoms with van der Waals surface area (Å²) in [4.78, 5) is 26.4. The fourth-order valence-electron chi connectivity index (χ4n) is 4.92. The highest BCUT2D eigenvalue weighted by molar-refractivity contribution is 6.03. The predicted octanol–water partition coefficient (Wildman–Crippen LogP) is 2.75. The first kappa shape index (κ1) is 16.4. The van der Waals surface area contributed by atoms with E-state index in [4.69, 9.17) is 4.74 Å². The average molecular weight is 347 g/mol. The van der Waals surface area contributed by atoms with E-state index in [1.165, 1.54) is 18.1 Å². The molecule has 2 aliphatic carbocycles. The van der Waals surface area contributed by atoms with E-state index in [2.05, 4.69) is 0 Å². The van der Waals surface area contributed by atoms with Crippen LogP contribution in [0.5, 0.6) is 5.75 Å². The molecule has 25 heavy (non-hydrogen) atoms. The van der Waals surface area contributed by atoms with Crippen molar-refractivity contribution in [1.29, 1.82) is 0 Å². The number of fused-ring (bicyclic) bond motifs is 1. The van der Waals surface area contributed by atoms with Gasteiger partial charge in [0.2, 0.25) is 5.91 Å². The largest absolute Gasteiger partial charge is 0.496 e. The summed E-state index contributed by atoms with van der Waals surface area (Å²) in [5, 5.41) is 9.73. The van der Waals surface area contributed by atoms with Crippen LogP contribution in [0.25, 0.3) is 0 Å². The lowest BCUT2D eigenvalue weighted by atomic mass is 9.45. The lowest BCUT2D eigenvalue weighted by Crippen LogP contribution is -2.62.